The lowest BCUT2D eigenvalue weighted by molar-refractivity contribution is 1.14. The van der Waals surface area contributed by atoms with Crippen LogP contribution >= 0.6 is 0 Å². The largest absolute Gasteiger partial charge is 0.310 e. The zero-order chi connectivity index (χ0) is 40.7. The minimum atomic E-state index is 0.727. The van der Waals surface area contributed by atoms with Crippen molar-refractivity contribution in [2.75, 3.05) is 4.90 Å². The summed E-state index contributed by atoms with van der Waals surface area (Å²) in [6, 6.07) is 69.4. The SMILES string of the molecule is Cc1cccc(-c2cc(-c3ccc(-c4cc(C)c(-n5c6ccccc6c6cc(N(c7ccccc7)c7ccccc7)ccc65)cc4C)cc3)nc(-c3cccc(C)c3)n2)c1. The molecule has 4 nitrogen and oxygen atoms in total. The number of rotatable bonds is 8. The van der Waals surface area contributed by atoms with E-state index in [0.717, 1.165) is 51.0 Å². The van der Waals surface area contributed by atoms with Gasteiger partial charge in [0.2, 0.25) is 0 Å². The molecule has 0 amide bonds. The van der Waals surface area contributed by atoms with Gasteiger partial charge in [-0.1, -0.05) is 126 Å². The molecule has 288 valence electrons. The number of hydrogen-bond acceptors (Lipinski definition) is 3. The van der Waals surface area contributed by atoms with E-state index in [2.05, 4.69) is 231 Å². The van der Waals surface area contributed by atoms with Crippen LogP contribution < -0.4 is 4.90 Å². The molecule has 10 aromatic rings. The number of fused-ring (bicyclic) bond motifs is 3. The Balaban J connectivity index is 1.03. The average molecular weight is 773 g/mol. The molecule has 0 spiro atoms. The normalized spacial score (nSPS) is 11.3. The molecule has 0 aliphatic heterocycles. The van der Waals surface area contributed by atoms with Gasteiger partial charge in [0.25, 0.3) is 0 Å². The Morgan fingerprint density at radius 3 is 1.65 bits per heavy atom. The second-order valence-corrected chi connectivity index (χ2v) is 15.8. The summed E-state index contributed by atoms with van der Waals surface area (Å²) in [5, 5.41) is 2.45. The Kier molecular flexibility index (Phi) is 9.38. The fraction of sp³-hybridized carbons (Fsp3) is 0.0714. The van der Waals surface area contributed by atoms with Crippen molar-refractivity contribution in [3.05, 3.63) is 216 Å². The van der Waals surface area contributed by atoms with E-state index in [1.165, 1.54) is 60.9 Å². The highest BCUT2D eigenvalue weighted by atomic mass is 15.1. The lowest BCUT2D eigenvalue weighted by atomic mass is 9.95. The van der Waals surface area contributed by atoms with Crippen LogP contribution in [0.4, 0.5) is 17.1 Å². The highest BCUT2D eigenvalue weighted by molar-refractivity contribution is 6.11. The van der Waals surface area contributed by atoms with E-state index >= 15 is 0 Å². The first-order chi connectivity index (χ1) is 29.4. The second kappa shape index (κ2) is 15.3. The molecule has 60 heavy (non-hydrogen) atoms. The van der Waals surface area contributed by atoms with Gasteiger partial charge in [-0.3, -0.25) is 0 Å². The number of aryl methyl sites for hydroxylation is 4. The van der Waals surface area contributed by atoms with E-state index in [1.54, 1.807) is 0 Å². The molecule has 4 heteroatoms. The predicted molar refractivity (Wildman–Crippen MR) is 252 cm³/mol. The highest BCUT2D eigenvalue weighted by Crippen LogP contribution is 2.41. The first-order valence-corrected chi connectivity index (χ1v) is 20.6. The van der Waals surface area contributed by atoms with Crippen LogP contribution in [0.3, 0.4) is 0 Å². The van der Waals surface area contributed by atoms with Gasteiger partial charge in [-0.25, -0.2) is 9.97 Å². The molecular formula is C56H44N4. The molecule has 0 aliphatic rings. The van der Waals surface area contributed by atoms with Gasteiger partial charge in [0.05, 0.1) is 22.4 Å². The van der Waals surface area contributed by atoms with E-state index in [0.29, 0.717) is 0 Å². The summed E-state index contributed by atoms with van der Waals surface area (Å²) in [5.41, 5.74) is 19.1. The van der Waals surface area contributed by atoms with Crippen molar-refractivity contribution in [2.45, 2.75) is 27.7 Å². The third-order valence-electron chi connectivity index (χ3n) is 11.5. The average Bonchev–Trinajstić information content (AvgIpc) is 3.61. The first kappa shape index (κ1) is 36.8. The third kappa shape index (κ3) is 6.82. The number of benzene rings is 8. The predicted octanol–water partition coefficient (Wildman–Crippen LogP) is 14.9. The summed E-state index contributed by atoms with van der Waals surface area (Å²) < 4.78 is 2.44. The number of para-hydroxylation sites is 3. The Morgan fingerprint density at radius 2 is 0.967 bits per heavy atom. The summed E-state index contributed by atoms with van der Waals surface area (Å²) in [6.45, 7) is 8.68. The number of hydrogen-bond donors (Lipinski definition) is 0. The van der Waals surface area contributed by atoms with Gasteiger partial charge in [-0.05, 0) is 129 Å². The monoisotopic (exact) mass is 772 g/mol. The lowest BCUT2D eigenvalue weighted by Gasteiger charge is -2.25. The molecule has 2 aromatic heterocycles. The zero-order valence-corrected chi connectivity index (χ0v) is 34.3. The summed E-state index contributed by atoms with van der Waals surface area (Å²) in [6.07, 6.45) is 0. The van der Waals surface area contributed by atoms with Gasteiger partial charge >= 0.3 is 0 Å². The van der Waals surface area contributed by atoms with E-state index in [9.17, 15) is 0 Å². The van der Waals surface area contributed by atoms with Crippen LogP contribution in [0, 0.1) is 27.7 Å². The number of anilines is 3. The molecule has 0 N–H and O–H groups in total. The molecule has 10 rings (SSSR count). The van der Waals surface area contributed by atoms with E-state index in [4.69, 9.17) is 9.97 Å². The fourth-order valence-corrected chi connectivity index (χ4v) is 8.59. The second-order valence-electron chi connectivity index (χ2n) is 15.8. The van der Waals surface area contributed by atoms with Crippen molar-refractivity contribution in [3.63, 3.8) is 0 Å². The van der Waals surface area contributed by atoms with Crippen molar-refractivity contribution in [3.8, 4) is 50.7 Å². The molecule has 0 saturated carbocycles. The number of aromatic nitrogens is 3. The standard InChI is InChI=1S/C56H44N4/c1-37-15-13-17-43(31-37)52-36-51(57-56(58-52)44-18-14-16-38(2)32-44)42-27-25-41(26-28-42)49-33-40(4)55(34-39(49)3)60-53-24-12-11-23-48(53)50-35-47(29-30-54(50)60)59(45-19-7-5-8-20-45)46-21-9-6-10-22-46/h5-36H,1-4H3. The summed E-state index contributed by atoms with van der Waals surface area (Å²) in [5.74, 6) is 0.727. The molecule has 0 atom stereocenters. The van der Waals surface area contributed by atoms with Crippen LogP contribution in [0.15, 0.2) is 194 Å². The van der Waals surface area contributed by atoms with Crippen LogP contribution in [0.2, 0.25) is 0 Å². The van der Waals surface area contributed by atoms with Gasteiger partial charge in [0.1, 0.15) is 0 Å². The van der Waals surface area contributed by atoms with E-state index < -0.39 is 0 Å². The van der Waals surface area contributed by atoms with Crippen LogP contribution in [-0.4, -0.2) is 14.5 Å². The summed E-state index contributed by atoms with van der Waals surface area (Å²) in [7, 11) is 0. The van der Waals surface area contributed by atoms with E-state index in [-0.39, 0.29) is 0 Å². The Labute approximate surface area is 351 Å². The molecule has 2 heterocycles. The number of nitrogens with zero attached hydrogens (tertiary/aromatic N) is 4. The molecular weight excluding hydrogens is 729 g/mol. The summed E-state index contributed by atoms with van der Waals surface area (Å²) in [4.78, 5) is 12.5. The van der Waals surface area contributed by atoms with Crippen LogP contribution in [0.1, 0.15) is 22.3 Å². The van der Waals surface area contributed by atoms with Crippen molar-refractivity contribution in [2.24, 2.45) is 0 Å². The van der Waals surface area contributed by atoms with Crippen LogP contribution in [0.5, 0.6) is 0 Å². The van der Waals surface area contributed by atoms with Gasteiger partial charge in [0.15, 0.2) is 5.82 Å². The third-order valence-corrected chi connectivity index (χ3v) is 11.5. The zero-order valence-electron chi connectivity index (χ0n) is 34.3. The topological polar surface area (TPSA) is 34.0 Å². The first-order valence-electron chi connectivity index (χ1n) is 20.6. The van der Waals surface area contributed by atoms with Gasteiger partial charge in [-0.2, -0.15) is 0 Å². The van der Waals surface area contributed by atoms with Crippen LogP contribution in [0.25, 0.3) is 72.5 Å². The Morgan fingerprint density at radius 1 is 0.383 bits per heavy atom. The fourth-order valence-electron chi connectivity index (χ4n) is 8.59. The molecule has 0 radical (unpaired) electrons. The minimum Gasteiger partial charge on any atom is -0.310 e. The van der Waals surface area contributed by atoms with Gasteiger partial charge in [0, 0.05) is 50.2 Å². The molecule has 0 unspecified atom stereocenters. The quantitative estimate of drug-likeness (QED) is 0.154. The maximum absolute atomic E-state index is 5.12. The van der Waals surface area contributed by atoms with Gasteiger partial charge in [-0.15, -0.1) is 0 Å². The molecule has 0 aliphatic carbocycles. The Bertz CT molecular complexity index is 3080. The maximum atomic E-state index is 5.12. The lowest BCUT2D eigenvalue weighted by Crippen LogP contribution is -2.09. The molecule has 0 saturated heterocycles. The van der Waals surface area contributed by atoms with Crippen molar-refractivity contribution in [1.82, 2.24) is 14.5 Å². The van der Waals surface area contributed by atoms with Gasteiger partial charge < -0.3 is 9.47 Å². The van der Waals surface area contributed by atoms with Crippen molar-refractivity contribution in [1.29, 1.82) is 0 Å². The van der Waals surface area contributed by atoms with Crippen molar-refractivity contribution >= 4 is 38.9 Å². The summed E-state index contributed by atoms with van der Waals surface area (Å²) >= 11 is 0. The minimum absolute atomic E-state index is 0.727. The molecule has 8 aromatic carbocycles. The van der Waals surface area contributed by atoms with Crippen molar-refractivity contribution < 1.29 is 0 Å². The maximum Gasteiger partial charge on any atom is 0.160 e. The van der Waals surface area contributed by atoms with Crippen LogP contribution in [-0.2, 0) is 0 Å². The molecule has 0 fully saturated rings. The highest BCUT2D eigenvalue weighted by Gasteiger charge is 2.19. The smallest absolute Gasteiger partial charge is 0.160 e. The van der Waals surface area contributed by atoms with E-state index in [1.807, 2.05) is 0 Å². The molecule has 0 bridgehead atoms. The Hall–Kier alpha value is -7.56.